The molecule has 1 rings (SSSR count). The predicted octanol–water partition coefficient (Wildman–Crippen LogP) is 1.54. The zero-order valence-electron chi connectivity index (χ0n) is 11.3. The van der Waals surface area contributed by atoms with Crippen molar-refractivity contribution in [3.8, 4) is 0 Å². The Morgan fingerprint density at radius 2 is 1.95 bits per heavy atom. The fraction of sp³-hybridized carbons (Fsp3) is 0.417. The van der Waals surface area contributed by atoms with E-state index in [1.165, 1.54) is 33.0 Å². The first-order valence-corrected chi connectivity index (χ1v) is 7.90. The number of carbonyl (C=O) groups is 1. The Labute approximate surface area is 126 Å². The summed E-state index contributed by atoms with van der Waals surface area (Å²) in [5, 5.41) is 18.7. The van der Waals surface area contributed by atoms with Crippen molar-refractivity contribution in [3.63, 3.8) is 0 Å². The molecule has 0 atom stereocenters. The minimum Gasteiger partial charge on any atom is -0.478 e. The predicted molar refractivity (Wildman–Crippen MR) is 77.2 cm³/mol. The molecule has 0 aromatic heterocycles. The van der Waals surface area contributed by atoms with E-state index in [1.54, 1.807) is 0 Å². The molecule has 0 aliphatic carbocycles. The summed E-state index contributed by atoms with van der Waals surface area (Å²) in [5.41, 5.74) is -1.32. The van der Waals surface area contributed by atoms with E-state index in [-0.39, 0.29) is 17.0 Å². The van der Waals surface area contributed by atoms with Gasteiger partial charge < -0.3 is 10.2 Å². The van der Waals surface area contributed by atoms with Crippen LogP contribution in [0.15, 0.2) is 27.6 Å². The molecule has 0 aliphatic rings. The first kappa shape index (κ1) is 17.1. The van der Waals surface area contributed by atoms with Gasteiger partial charge in [-0.05, 0) is 48.0 Å². The monoisotopic (exact) mass is 365 g/mol. The molecular formula is C12H16BrNO5S. The van der Waals surface area contributed by atoms with E-state index in [4.69, 9.17) is 5.11 Å². The van der Waals surface area contributed by atoms with Gasteiger partial charge in [0.1, 0.15) is 0 Å². The molecule has 0 heterocycles. The molecule has 0 bridgehead atoms. The van der Waals surface area contributed by atoms with E-state index in [2.05, 4.69) is 15.9 Å². The lowest BCUT2D eigenvalue weighted by atomic mass is 10.1. The van der Waals surface area contributed by atoms with Gasteiger partial charge in [-0.2, -0.15) is 4.31 Å². The standard InChI is InChI=1S/C12H16BrNO5S/c1-12(2,17)7-14(3)20(18,19)8-4-5-10(13)9(6-8)11(15)16/h4-6,17H,7H2,1-3H3,(H,15,16). The molecule has 1 aromatic carbocycles. The molecular weight excluding hydrogens is 350 g/mol. The summed E-state index contributed by atoms with van der Waals surface area (Å²) < 4.78 is 25.9. The lowest BCUT2D eigenvalue weighted by molar-refractivity contribution is 0.0638. The van der Waals surface area contributed by atoms with Gasteiger partial charge in [0.2, 0.25) is 10.0 Å². The van der Waals surface area contributed by atoms with E-state index in [0.717, 1.165) is 10.4 Å². The second-order valence-electron chi connectivity index (χ2n) is 5.02. The molecule has 0 saturated carbocycles. The van der Waals surface area contributed by atoms with Crippen LogP contribution in [0.3, 0.4) is 0 Å². The van der Waals surface area contributed by atoms with Crippen molar-refractivity contribution in [2.45, 2.75) is 24.3 Å². The fourth-order valence-corrected chi connectivity index (χ4v) is 3.41. The average molecular weight is 366 g/mol. The van der Waals surface area contributed by atoms with Crippen molar-refractivity contribution < 1.29 is 23.4 Å². The normalized spacial score (nSPS) is 12.7. The second kappa shape index (κ2) is 5.80. The van der Waals surface area contributed by atoms with E-state index in [0.29, 0.717) is 4.47 Å². The molecule has 0 amide bonds. The van der Waals surface area contributed by atoms with E-state index in [9.17, 15) is 18.3 Å². The highest BCUT2D eigenvalue weighted by Crippen LogP contribution is 2.23. The number of aromatic carboxylic acids is 1. The van der Waals surface area contributed by atoms with Crippen LogP contribution in [-0.2, 0) is 10.0 Å². The summed E-state index contributed by atoms with van der Waals surface area (Å²) in [6, 6.07) is 3.77. The summed E-state index contributed by atoms with van der Waals surface area (Å²) in [5.74, 6) is -1.22. The number of carboxylic acid groups (broad SMARTS) is 1. The molecule has 112 valence electrons. The molecule has 0 spiro atoms. The average Bonchev–Trinajstić information content (AvgIpc) is 2.26. The quantitative estimate of drug-likeness (QED) is 0.824. The topological polar surface area (TPSA) is 94.9 Å². The minimum atomic E-state index is -3.86. The molecule has 1 aromatic rings. The number of likely N-dealkylation sites (N-methyl/N-ethyl adjacent to an activating group) is 1. The molecule has 0 fully saturated rings. The van der Waals surface area contributed by atoms with Crippen molar-refractivity contribution in [2.24, 2.45) is 0 Å². The fourth-order valence-electron chi connectivity index (χ4n) is 1.64. The maximum atomic E-state index is 12.3. The molecule has 2 N–H and O–H groups in total. The van der Waals surface area contributed by atoms with Crippen LogP contribution >= 0.6 is 15.9 Å². The smallest absolute Gasteiger partial charge is 0.336 e. The van der Waals surface area contributed by atoms with E-state index in [1.807, 2.05) is 0 Å². The van der Waals surface area contributed by atoms with Crippen molar-refractivity contribution in [2.75, 3.05) is 13.6 Å². The molecule has 0 aliphatic heterocycles. The summed E-state index contributed by atoms with van der Waals surface area (Å²) in [6.07, 6.45) is 0. The van der Waals surface area contributed by atoms with Crippen LogP contribution in [-0.4, -0.2) is 48.1 Å². The molecule has 20 heavy (non-hydrogen) atoms. The Kier molecular flexibility index (Phi) is 4.96. The van der Waals surface area contributed by atoms with Crippen molar-refractivity contribution in [1.29, 1.82) is 0 Å². The molecule has 0 unspecified atom stereocenters. The second-order valence-corrected chi connectivity index (χ2v) is 7.92. The molecule has 0 saturated heterocycles. The third-order valence-corrected chi connectivity index (χ3v) is 4.98. The highest BCUT2D eigenvalue weighted by molar-refractivity contribution is 9.10. The third kappa shape index (κ3) is 4.02. The van der Waals surface area contributed by atoms with Crippen LogP contribution in [0, 0.1) is 0 Å². The van der Waals surface area contributed by atoms with Crippen LogP contribution in [0.25, 0.3) is 0 Å². The van der Waals surface area contributed by atoms with Crippen molar-refractivity contribution in [1.82, 2.24) is 4.31 Å². The first-order chi connectivity index (χ1) is 8.95. The lowest BCUT2D eigenvalue weighted by Crippen LogP contribution is -2.39. The summed E-state index contributed by atoms with van der Waals surface area (Å²) >= 11 is 3.05. The largest absolute Gasteiger partial charge is 0.478 e. The van der Waals surface area contributed by atoms with Gasteiger partial charge in [-0.3, -0.25) is 0 Å². The summed E-state index contributed by atoms with van der Waals surface area (Å²) in [4.78, 5) is 10.9. The molecule has 6 nitrogen and oxygen atoms in total. The van der Waals surface area contributed by atoms with Crippen molar-refractivity contribution in [3.05, 3.63) is 28.2 Å². The van der Waals surface area contributed by atoms with Gasteiger partial charge in [-0.25, -0.2) is 13.2 Å². The third-order valence-electron chi connectivity index (χ3n) is 2.49. The number of hydrogen-bond acceptors (Lipinski definition) is 4. The zero-order chi connectivity index (χ0) is 15.7. The number of hydrogen-bond donors (Lipinski definition) is 2. The Bertz CT molecular complexity index is 621. The zero-order valence-corrected chi connectivity index (χ0v) is 13.7. The van der Waals surface area contributed by atoms with Crippen LogP contribution in [0.1, 0.15) is 24.2 Å². The van der Waals surface area contributed by atoms with Gasteiger partial charge in [0.25, 0.3) is 0 Å². The number of aliphatic hydroxyl groups is 1. The number of rotatable bonds is 5. The van der Waals surface area contributed by atoms with E-state index >= 15 is 0 Å². The Balaban J connectivity index is 3.23. The molecule has 0 radical (unpaired) electrons. The number of nitrogens with zero attached hydrogens (tertiary/aromatic N) is 1. The Morgan fingerprint density at radius 1 is 1.40 bits per heavy atom. The van der Waals surface area contributed by atoms with Crippen LogP contribution in [0.5, 0.6) is 0 Å². The van der Waals surface area contributed by atoms with Gasteiger partial charge in [-0.1, -0.05) is 0 Å². The Hall–Kier alpha value is -0.960. The number of halogens is 1. The summed E-state index contributed by atoms with van der Waals surface area (Å²) in [7, 11) is -2.53. The number of benzene rings is 1. The minimum absolute atomic E-state index is 0.103. The highest BCUT2D eigenvalue weighted by atomic mass is 79.9. The lowest BCUT2D eigenvalue weighted by Gasteiger charge is -2.25. The number of sulfonamides is 1. The van der Waals surface area contributed by atoms with Crippen LogP contribution in [0.4, 0.5) is 0 Å². The van der Waals surface area contributed by atoms with Gasteiger partial charge in [0, 0.05) is 18.1 Å². The van der Waals surface area contributed by atoms with Gasteiger partial charge in [-0.15, -0.1) is 0 Å². The maximum Gasteiger partial charge on any atom is 0.336 e. The van der Waals surface area contributed by atoms with Crippen molar-refractivity contribution >= 4 is 31.9 Å². The van der Waals surface area contributed by atoms with E-state index < -0.39 is 21.6 Å². The first-order valence-electron chi connectivity index (χ1n) is 5.67. The Morgan fingerprint density at radius 3 is 2.40 bits per heavy atom. The molecule has 8 heteroatoms. The number of carboxylic acids is 1. The van der Waals surface area contributed by atoms with Gasteiger partial charge in [0.15, 0.2) is 0 Å². The highest BCUT2D eigenvalue weighted by Gasteiger charge is 2.27. The maximum absolute atomic E-state index is 12.3. The van der Waals surface area contributed by atoms with Gasteiger partial charge in [0.05, 0.1) is 16.1 Å². The van der Waals surface area contributed by atoms with Gasteiger partial charge >= 0.3 is 5.97 Å². The van der Waals surface area contributed by atoms with Crippen LogP contribution in [0.2, 0.25) is 0 Å². The SMILES string of the molecule is CN(CC(C)(C)O)S(=O)(=O)c1ccc(Br)c(C(=O)O)c1. The summed E-state index contributed by atoms with van der Waals surface area (Å²) in [6.45, 7) is 2.88. The van der Waals surface area contributed by atoms with Crippen LogP contribution < -0.4 is 0 Å².